The van der Waals surface area contributed by atoms with Crippen molar-refractivity contribution in [2.75, 3.05) is 19.7 Å². The molecule has 1 atom stereocenters. The monoisotopic (exact) mass is 409 g/mol. The van der Waals surface area contributed by atoms with Crippen molar-refractivity contribution in [3.05, 3.63) is 59.1 Å². The molecule has 1 N–H and O–H groups in total. The van der Waals surface area contributed by atoms with Gasteiger partial charge in [-0.2, -0.15) is 0 Å². The second kappa shape index (κ2) is 8.61. The van der Waals surface area contributed by atoms with Crippen LogP contribution in [-0.4, -0.2) is 41.4 Å². The molecule has 1 aromatic heterocycles. The minimum Gasteiger partial charge on any atom is -0.492 e. The molecule has 0 bridgehead atoms. The number of benzene rings is 2. The van der Waals surface area contributed by atoms with Gasteiger partial charge in [-0.3, -0.25) is 9.59 Å². The van der Waals surface area contributed by atoms with Gasteiger partial charge in [0.25, 0.3) is 5.91 Å². The van der Waals surface area contributed by atoms with Gasteiger partial charge in [0.2, 0.25) is 5.91 Å². The van der Waals surface area contributed by atoms with Crippen molar-refractivity contribution in [1.29, 1.82) is 0 Å². The standard InChI is InChI=1S/C22H23N3O3S/c1-15(22-24-18-5-2-3-6-19(18)29-22)23-21(27)16-8-10-17(11-9-16)28-14-13-25-12-4-7-20(25)26/h2-3,5-6,8-11,15H,4,7,12-14H2,1H3,(H,23,27)/t15-/m0/s1. The minimum absolute atomic E-state index is 0.147. The molecule has 29 heavy (non-hydrogen) atoms. The summed E-state index contributed by atoms with van der Waals surface area (Å²) in [5, 5.41) is 3.89. The van der Waals surface area contributed by atoms with Crippen LogP contribution in [0.1, 0.15) is 41.2 Å². The lowest BCUT2D eigenvalue weighted by Crippen LogP contribution is -2.29. The Morgan fingerprint density at radius 3 is 2.76 bits per heavy atom. The number of hydrogen-bond donors (Lipinski definition) is 1. The van der Waals surface area contributed by atoms with Crippen molar-refractivity contribution in [2.24, 2.45) is 0 Å². The molecule has 3 aromatic rings. The number of carbonyl (C=O) groups excluding carboxylic acids is 2. The molecule has 0 saturated carbocycles. The summed E-state index contributed by atoms with van der Waals surface area (Å²) in [5.74, 6) is 0.737. The second-order valence-electron chi connectivity index (χ2n) is 7.07. The molecule has 0 radical (unpaired) electrons. The zero-order valence-electron chi connectivity index (χ0n) is 16.3. The van der Waals surface area contributed by atoms with E-state index in [1.165, 1.54) is 0 Å². The first kappa shape index (κ1) is 19.4. The van der Waals surface area contributed by atoms with E-state index in [0.29, 0.717) is 30.9 Å². The Morgan fingerprint density at radius 2 is 2.03 bits per heavy atom. The van der Waals surface area contributed by atoms with E-state index in [4.69, 9.17) is 4.74 Å². The van der Waals surface area contributed by atoms with Crippen LogP contribution in [0.25, 0.3) is 10.2 Å². The highest BCUT2D eigenvalue weighted by atomic mass is 32.1. The Hall–Kier alpha value is -2.93. The lowest BCUT2D eigenvalue weighted by Gasteiger charge is -2.16. The number of hydrogen-bond acceptors (Lipinski definition) is 5. The first-order valence-electron chi connectivity index (χ1n) is 9.77. The van der Waals surface area contributed by atoms with Crippen molar-refractivity contribution in [3.63, 3.8) is 0 Å². The van der Waals surface area contributed by atoms with Crippen LogP contribution in [0, 0.1) is 0 Å². The fraction of sp³-hybridized carbons (Fsp3) is 0.318. The SMILES string of the molecule is C[C@H](NC(=O)c1ccc(OCCN2CCCC2=O)cc1)c1nc2ccccc2s1. The van der Waals surface area contributed by atoms with Crippen molar-refractivity contribution < 1.29 is 14.3 Å². The minimum atomic E-state index is -0.172. The zero-order chi connectivity index (χ0) is 20.2. The molecule has 0 unspecified atom stereocenters. The molecular formula is C22H23N3O3S. The molecule has 0 aliphatic carbocycles. The summed E-state index contributed by atoms with van der Waals surface area (Å²) in [5.41, 5.74) is 1.52. The van der Waals surface area contributed by atoms with E-state index in [0.717, 1.165) is 28.2 Å². The van der Waals surface area contributed by atoms with E-state index in [1.807, 2.05) is 36.1 Å². The van der Waals surface area contributed by atoms with Crippen LogP contribution in [-0.2, 0) is 4.79 Å². The number of rotatable bonds is 7. The lowest BCUT2D eigenvalue weighted by atomic mass is 10.2. The summed E-state index contributed by atoms with van der Waals surface area (Å²) in [4.78, 5) is 30.6. The summed E-state index contributed by atoms with van der Waals surface area (Å²) in [7, 11) is 0. The summed E-state index contributed by atoms with van der Waals surface area (Å²) >= 11 is 1.59. The largest absolute Gasteiger partial charge is 0.492 e. The Labute approximate surface area is 173 Å². The van der Waals surface area contributed by atoms with Crippen LogP contribution < -0.4 is 10.1 Å². The van der Waals surface area contributed by atoms with E-state index in [2.05, 4.69) is 10.3 Å². The van der Waals surface area contributed by atoms with Crippen molar-refractivity contribution in [1.82, 2.24) is 15.2 Å². The first-order chi connectivity index (χ1) is 14.1. The smallest absolute Gasteiger partial charge is 0.251 e. The molecule has 2 amide bonds. The van der Waals surface area contributed by atoms with Crippen LogP contribution >= 0.6 is 11.3 Å². The third-order valence-corrected chi connectivity index (χ3v) is 6.17. The quantitative estimate of drug-likeness (QED) is 0.645. The first-order valence-corrected chi connectivity index (χ1v) is 10.6. The van der Waals surface area contributed by atoms with Gasteiger partial charge in [-0.05, 0) is 49.7 Å². The van der Waals surface area contributed by atoms with Gasteiger partial charge in [-0.1, -0.05) is 12.1 Å². The zero-order valence-corrected chi connectivity index (χ0v) is 17.1. The number of nitrogens with one attached hydrogen (secondary N) is 1. The number of carbonyl (C=O) groups is 2. The molecular weight excluding hydrogens is 386 g/mol. The fourth-order valence-electron chi connectivity index (χ4n) is 3.33. The third-order valence-electron chi connectivity index (χ3n) is 4.95. The number of thiazole rings is 1. The molecule has 2 aromatic carbocycles. The molecule has 1 saturated heterocycles. The maximum absolute atomic E-state index is 12.6. The summed E-state index contributed by atoms with van der Waals surface area (Å²) < 4.78 is 6.81. The molecule has 1 fully saturated rings. The van der Waals surface area contributed by atoms with Crippen molar-refractivity contribution >= 4 is 33.4 Å². The van der Waals surface area contributed by atoms with E-state index in [9.17, 15) is 9.59 Å². The average Bonchev–Trinajstić information content (AvgIpc) is 3.34. The van der Waals surface area contributed by atoms with Crippen LogP contribution in [0.2, 0.25) is 0 Å². The van der Waals surface area contributed by atoms with Crippen LogP contribution in [0.5, 0.6) is 5.75 Å². The van der Waals surface area contributed by atoms with Gasteiger partial charge < -0.3 is 15.0 Å². The number of likely N-dealkylation sites (tertiary alicyclic amines) is 1. The predicted molar refractivity (Wildman–Crippen MR) is 113 cm³/mol. The normalized spacial score (nSPS) is 14.9. The van der Waals surface area contributed by atoms with Gasteiger partial charge >= 0.3 is 0 Å². The lowest BCUT2D eigenvalue weighted by molar-refractivity contribution is -0.128. The topological polar surface area (TPSA) is 71.5 Å². The molecule has 4 rings (SSSR count). The molecule has 6 nitrogen and oxygen atoms in total. The van der Waals surface area contributed by atoms with Gasteiger partial charge in [-0.25, -0.2) is 4.98 Å². The van der Waals surface area contributed by atoms with E-state index in [-0.39, 0.29) is 17.9 Å². The third kappa shape index (κ3) is 4.56. The Bertz CT molecular complexity index is 983. The van der Waals surface area contributed by atoms with Crippen molar-refractivity contribution in [2.45, 2.75) is 25.8 Å². The van der Waals surface area contributed by atoms with Gasteiger partial charge in [0, 0.05) is 18.5 Å². The van der Waals surface area contributed by atoms with E-state index >= 15 is 0 Å². The number of aromatic nitrogens is 1. The second-order valence-corrected chi connectivity index (χ2v) is 8.13. The average molecular weight is 410 g/mol. The Morgan fingerprint density at radius 1 is 1.24 bits per heavy atom. The molecule has 0 spiro atoms. The van der Waals surface area contributed by atoms with Gasteiger partial charge in [-0.15, -0.1) is 11.3 Å². The van der Waals surface area contributed by atoms with Crippen LogP contribution in [0.3, 0.4) is 0 Å². The van der Waals surface area contributed by atoms with Crippen molar-refractivity contribution in [3.8, 4) is 5.75 Å². The van der Waals surface area contributed by atoms with Crippen LogP contribution in [0.4, 0.5) is 0 Å². The van der Waals surface area contributed by atoms with Crippen LogP contribution in [0.15, 0.2) is 48.5 Å². The maximum Gasteiger partial charge on any atom is 0.251 e. The van der Waals surface area contributed by atoms with E-state index in [1.54, 1.807) is 35.6 Å². The highest BCUT2D eigenvalue weighted by Gasteiger charge is 2.19. The molecule has 1 aliphatic rings. The van der Waals surface area contributed by atoms with Gasteiger partial charge in [0.1, 0.15) is 17.4 Å². The predicted octanol–water partition coefficient (Wildman–Crippen LogP) is 3.79. The number of amides is 2. The number of nitrogens with zero attached hydrogens (tertiary/aromatic N) is 2. The highest BCUT2D eigenvalue weighted by molar-refractivity contribution is 7.18. The summed E-state index contributed by atoms with van der Waals surface area (Å²) in [6, 6.07) is 14.8. The molecule has 2 heterocycles. The number of para-hydroxylation sites is 1. The molecule has 1 aliphatic heterocycles. The number of fused-ring (bicyclic) bond motifs is 1. The van der Waals surface area contributed by atoms with Gasteiger partial charge in [0.15, 0.2) is 0 Å². The summed E-state index contributed by atoms with van der Waals surface area (Å²) in [6.07, 6.45) is 1.57. The Balaban J connectivity index is 1.31. The van der Waals surface area contributed by atoms with Gasteiger partial charge in [0.05, 0.1) is 22.8 Å². The number of ether oxygens (including phenoxy) is 1. The Kier molecular flexibility index (Phi) is 5.76. The fourth-order valence-corrected chi connectivity index (χ4v) is 4.30. The maximum atomic E-state index is 12.6. The highest BCUT2D eigenvalue weighted by Crippen LogP contribution is 2.26. The molecule has 150 valence electrons. The molecule has 7 heteroatoms. The van der Waals surface area contributed by atoms with E-state index < -0.39 is 0 Å². The summed E-state index contributed by atoms with van der Waals surface area (Å²) in [6.45, 7) is 3.80.